The van der Waals surface area contributed by atoms with E-state index in [0.717, 1.165) is 32.7 Å². The van der Waals surface area contributed by atoms with Crippen molar-refractivity contribution in [1.29, 1.82) is 0 Å². The van der Waals surface area contributed by atoms with Gasteiger partial charge in [-0.1, -0.05) is 13.8 Å². The van der Waals surface area contributed by atoms with Crippen molar-refractivity contribution in [2.45, 2.75) is 45.6 Å². The van der Waals surface area contributed by atoms with Crippen LogP contribution in [0.5, 0.6) is 0 Å². The molecule has 0 bridgehead atoms. The minimum Gasteiger partial charge on any atom is -0.381 e. The molecule has 0 aliphatic heterocycles. The van der Waals surface area contributed by atoms with Crippen LogP contribution in [0, 0.1) is 5.92 Å². The topological polar surface area (TPSA) is 50.4 Å². The molecule has 0 heterocycles. The molecule has 0 saturated heterocycles. The van der Waals surface area contributed by atoms with Gasteiger partial charge in [-0.2, -0.15) is 0 Å². The number of carbonyl (C=O) groups is 1. The van der Waals surface area contributed by atoms with Gasteiger partial charge in [0.2, 0.25) is 5.91 Å². The molecule has 1 aliphatic carbocycles. The summed E-state index contributed by atoms with van der Waals surface area (Å²) in [4.78, 5) is 11.4. The first kappa shape index (κ1) is 14.5. The molecular formula is C13H26N2O2. The Balaban J connectivity index is 1.79. The van der Waals surface area contributed by atoms with Gasteiger partial charge in [0.05, 0.1) is 0 Å². The van der Waals surface area contributed by atoms with Crippen molar-refractivity contribution in [3.05, 3.63) is 0 Å². The van der Waals surface area contributed by atoms with E-state index in [1.165, 1.54) is 12.8 Å². The van der Waals surface area contributed by atoms with Crippen LogP contribution >= 0.6 is 0 Å². The first-order chi connectivity index (χ1) is 8.18. The highest BCUT2D eigenvalue weighted by Gasteiger charge is 2.19. The highest BCUT2D eigenvalue weighted by Crippen LogP contribution is 2.18. The molecule has 17 heavy (non-hydrogen) atoms. The first-order valence-electron chi connectivity index (χ1n) is 6.76. The van der Waals surface area contributed by atoms with Crippen LogP contribution < -0.4 is 10.6 Å². The number of nitrogens with one attached hydrogen (secondary N) is 2. The van der Waals surface area contributed by atoms with E-state index in [9.17, 15) is 4.79 Å². The lowest BCUT2D eigenvalue weighted by Crippen LogP contribution is -2.29. The van der Waals surface area contributed by atoms with Gasteiger partial charge in [0.15, 0.2) is 0 Å². The summed E-state index contributed by atoms with van der Waals surface area (Å²) in [7, 11) is 0. The Morgan fingerprint density at radius 2 is 2.12 bits per heavy atom. The normalized spacial score (nSPS) is 15.2. The van der Waals surface area contributed by atoms with Crippen LogP contribution in [0.15, 0.2) is 0 Å². The molecule has 1 saturated carbocycles. The summed E-state index contributed by atoms with van der Waals surface area (Å²) in [5.74, 6) is 0.722. The fourth-order valence-corrected chi connectivity index (χ4v) is 1.49. The molecule has 0 aromatic carbocycles. The fraction of sp³-hybridized carbons (Fsp3) is 0.923. The third kappa shape index (κ3) is 9.12. The van der Waals surface area contributed by atoms with E-state index in [-0.39, 0.29) is 5.91 Å². The zero-order valence-electron chi connectivity index (χ0n) is 11.1. The van der Waals surface area contributed by atoms with E-state index in [1.54, 1.807) is 0 Å². The van der Waals surface area contributed by atoms with Gasteiger partial charge < -0.3 is 15.4 Å². The minimum absolute atomic E-state index is 0.141. The van der Waals surface area contributed by atoms with Gasteiger partial charge in [-0.05, 0) is 25.2 Å². The quantitative estimate of drug-likeness (QED) is 0.568. The molecule has 0 radical (unpaired) electrons. The standard InChI is InChI=1S/C13H26N2O2/c1-11(2)10-17-9-3-7-15-13(16)6-8-14-12-4-5-12/h11-12,14H,3-10H2,1-2H3,(H,15,16). The van der Waals surface area contributed by atoms with Gasteiger partial charge in [0.25, 0.3) is 0 Å². The number of amides is 1. The second kappa shape index (κ2) is 8.48. The zero-order chi connectivity index (χ0) is 12.5. The zero-order valence-corrected chi connectivity index (χ0v) is 11.1. The van der Waals surface area contributed by atoms with Gasteiger partial charge in [-0.25, -0.2) is 0 Å². The Morgan fingerprint density at radius 1 is 1.35 bits per heavy atom. The lowest BCUT2D eigenvalue weighted by atomic mass is 10.2. The second-order valence-corrected chi connectivity index (χ2v) is 5.15. The van der Waals surface area contributed by atoms with Gasteiger partial charge in [-0.3, -0.25) is 4.79 Å². The highest BCUT2D eigenvalue weighted by molar-refractivity contribution is 5.75. The van der Waals surface area contributed by atoms with E-state index < -0.39 is 0 Å². The maximum Gasteiger partial charge on any atom is 0.221 e. The molecule has 0 aromatic rings. The average molecular weight is 242 g/mol. The molecule has 1 rings (SSSR count). The third-order valence-electron chi connectivity index (χ3n) is 2.60. The number of ether oxygens (including phenoxy) is 1. The summed E-state index contributed by atoms with van der Waals surface area (Å²) in [6.45, 7) is 7.34. The monoisotopic (exact) mass is 242 g/mol. The SMILES string of the molecule is CC(C)COCCCNC(=O)CCNC1CC1. The number of hydrogen-bond donors (Lipinski definition) is 2. The van der Waals surface area contributed by atoms with E-state index in [4.69, 9.17) is 4.74 Å². The fourth-order valence-electron chi connectivity index (χ4n) is 1.49. The van der Waals surface area contributed by atoms with Crippen molar-refractivity contribution in [1.82, 2.24) is 10.6 Å². The van der Waals surface area contributed by atoms with Crippen molar-refractivity contribution in [3.63, 3.8) is 0 Å². The molecule has 2 N–H and O–H groups in total. The Hall–Kier alpha value is -0.610. The highest BCUT2D eigenvalue weighted by atomic mass is 16.5. The van der Waals surface area contributed by atoms with E-state index in [0.29, 0.717) is 18.4 Å². The molecular weight excluding hydrogens is 216 g/mol. The van der Waals surface area contributed by atoms with Crippen LogP contribution in [-0.4, -0.2) is 38.3 Å². The molecule has 1 amide bonds. The van der Waals surface area contributed by atoms with Crippen molar-refractivity contribution < 1.29 is 9.53 Å². The maximum atomic E-state index is 11.4. The lowest BCUT2D eigenvalue weighted by molar-refractivity contribution is -0.121. The van der Waals surface area contributed by atoms with E-state index in [2.05, 4.69) is 24.5 Å². The second-order valence-electron chi connectivity index (χ2n) is 5.15. The van der Waals surface area contributed by atoms with Gasteiger partial charge in [0, 0.05) is 38.8 Å². The summed E-state index contributed by atoms with van der Waals surface area (Å²) in [5.41, 5.74) is 0. The Labute approximate surface area is 104 Å². The summed E-state index contributed by atoms with van der Waals surface area (Å²) < 4.78 is 5.43. The van der Waals surface area contributed by atoms with Crippen LogP contribution in [0.25, 0.3) is 0 Å². The maximum absolute atomic E-state index is 11.4. The number of carbonyl (C=O) groups excluding carboxylic acids is 1. The Morgan fingerprint density at radius 3 is 2.76 bits per heavy atom. The average Bonchev–Trinajstić information content (AvgIpc) is 3.06. The van der Waals surface area contributed by atoms with Gasteiger partial charge in [-0.15, -0.1) is 0 Å². The molecule has 0 spiro atoms. The Kier molecular flexibility index (Phi) is 7.21. The summed E-state index contributed by atoms with van der Waals surface area (Å²) in [5, 5.41) is 6.23. The molecule has 4 nitrogen and oxygen atoms in total. The van der Waals surface area contributed by atoms with Crippen LogP contribution in [-0.2, 0) is 9.53 Å². The molecule has 0 atom stereocenters. The molecule has 100 valence electrons. The van der Waals surface area contributed by atoms with Crippen LogP contribution in [0.3, 0.4) is 0 Å². The summed E-state index contributed by atoms with van der Waals surface area (Å²) in [6.07, 6.45) is 4.03. The van der Waals surface area contributed by atoms with Crippen molar-refractivity contribution in [2.75, 3.05) is 26.3 Å². The van der Waals surface area contributed by atoms with Gasteiger partial charge in [0.1, 0.15) is 0 Å². The van der Waals surface area contributed by atoms with Crippen LogP contribution in [0.1, 0.15) is 39.5 Å². The molecule has 4 heteroatoms. The summed E-state index contributed by atoms with van der Waals surface area (Å²) >= 11 is 0. The number of hydrogen-bond acceptors (Lipinski definition) is 3. The van der Waals surface area contributed by atoms with Crippen LogP contribution in [0.4, 0.5) is 0 Å². The van der Waals surface area contributed by atoms with Crippen LogP contribution in [0.2, 0.25) is 0 Å². The number of rotatable bonds is 10. The predicted octanol–water partition coefficient (Wildman–Crippen LogP) is 1.31. The van der Waals surface area contributed by atoms with Crippen molar-refractivity contribution in [2.24, 2.45) is 5.92 Å². The van der Waals surface area contributed by atoms with E-state index in [1.807, 2.05) is 0 Å². The lowest BCUT2D eigenvalue weighted by Gasteiger charge is -2.08. The Bertz CT molecular complexity index is 215. The largest absolute Gasteiger partial charge is 0.381 e. The smallest absolute Gasteiger partial charge is 0.221 e. The molecule has 0 aromatic heterocycles. The predicted molar refractivity (Wildman–Crippen MR) is 68.9 cm³/mol. The molecule has 1 aliphatic rings. The van der Waals surface area contributed by atoms with E-state index >= 15 is 0 Å². The third-order valence-corrected chi connectivity index (χ3v) is 2.60. The molecule has 0 unspecified atom stereocenters. The van der Waals surface area contributed by atoms with Crippen molar-refractivity contribution >= 4 is 5.91 Å². The molecule has 1 fully saturated rings. The van der Waals surface area contributed by atoms with Gasteiger partial charge >= 0.3 is 0 Å². The van der Waals surface area contributed by atoms with Crippen molar-refractivity contribution in [3.8, 4) is 0 Å². The summed E-state index contributed by atoms with van der Waals surface area (Å²) in [6, 6.07) is 0.687. The first-order valence-corrected chi connectivity index (χ1v) is 6.76. The minimum atomic E-state index is 0.141.